The van der Waals surface area contributed by atoms with E-state index in [9.17, 15) is 18.6 Å². The minimum atomic E-state index is -3.44. The summed E-state index contributed by atoms with van der Waals surface area (Å²) in [5.74, 6) is -0.0125. The Morgan fingerprint density at radius 3 is 1.57 bits per heavy atom. The number of hydrogen-bond donors (Lipinski definition) is 2. The fraction of sp³-hybridized carbons (Fsp3) is 0.250. The molecule has 2 aromatic carbocycles. The van der Waals surface area contributed by atoms with E-state index in [-0.39, 0.29) is 34.5 Å². The van der Waals surface area contributed by atoms with E-state index in [1.54, 1.807) is 0 Å². The largest absolute Gasteiger partial charge is 0.504 e. The van der Waals surface area contributed by atoms with Gasteiger partial charge in [-0.15, -0.1) is 0 Å². The Hall–Kier alpha value is -2.41. The number of benzene rings is 2. The van der Waals surface area contributed by atoms with Gasteiger partial charge in [-0.05, 0) is 35.4 Å². The highest BCUT2D eigenvalue weighted by Gasteiger charge is 2.16. The molecule has 0 bridgehead atoms. The molecule has 0 atom stereocenters. The highest BCUT2D eigenvalue weighted by atomic mass is 32.2. The summed E-state index contributed by atoms with van der Waals surface area (Å²) in [4.78, 5) is 0. The van der Waals surface area contributed by atoms with Crippen molar-refractivity contribution in [3.63, 3.8) is 0 Å². The average Bonchev–Trinajstić information content (AvgIpc) is 2.50. The summed E-state index contributed by atoms with van der Waals surface area (Å²) in [5, 5.41) is 19.1. The normalized spacial score (nSPS) is 11.2. The van der Waals surface area contributed by atoms with Gasteiger partial charge in [-0.2, -0.15) is 0 Å². The number of hydrogen-bond acceptors (Lipinski definition) is 6. The van der Waals surface area contributed by atoms with E-state index in [0.29, 0.717) is 11.1 Å². The quantitative estimate of drug-likeness (QED) is 0.839. The molecule has 0 aliphatic rings. The summed E-state index contributed by atoms with van der Waals surface area (Å²) in [5.41, 5.74) is 1.04. The first kappa shape index (κ1) is 17.0. The molecule has 2 N–H and O–H groups in total. The maximum absolute atomic E-state index is 12.3. The molecule has 0 amide bonds. The van der Waals surface area contributed by atoms with Crippen molar-refractivity contribution in [2.45, 2.75) is 11.5 Å². The van der Waals surface area contributed by atoms with Gasteiger partial charge in [0.25, 0.3) is 0 Å². The van der Waals surface area contributed by atoms with E-state index in [1.165, 1.54) is 50.6 Å². The van der Waals surface area contributed by atoms with Gasteiger partial charge in [-0.25, -0.2) is 8.42 Å². The molecule has 0 saturated heterocycles. The molecule has 0 saturated carbocycles. The fourth-order valence-corrected chi connectivity index (χ4v) is 3.66. The summed E-state index contributed by atoms with van der Waals surface area (Å²) in [6.07, 6.45) is 0. The SMILES string of the molecule is COc1cc(CS(=O)(=O)Cc2ccc(O)c(OC)c2)ccc1O. The van der Waals surface area contributed by atoms with Crippen molar-refractivity contribution in [3.05, 3.63) is 47.5 Å². The fourth-order valence-electron chi connectivity index (χ4n) is 2.18. The Labute approximate surface area is 134 Å². The van der Waals surface area contributed by atoms with Gasteiger partial charge in [0.2, 0.25) is 0 Å². The van der Waals surface area contributed by atoms with Gasteiger partial charge in [-0.1, -0.05) is 12.1 Å². The van der Waals surface area contributed by atoms with Crippen LogP contribution in [0.25, 0.3) is 0 Å². The summed E-state index contributed by atoms with van der Waals surface area (Å²) in [7, 11) is -0.640. The molecule has 6 nitrogen and oxygen atoms in total. The van der Waals surface area contributed by atoms with Gasteiger partial charge < -0.3 is 19.7 Å². The number of phenols is 2. The standard InChI is InChI=1S/C16H18O6S/c1-21-15-7-11(3-5-13(15)17)9-23(19,20)10-12-4-6-14(18)16(8-12)22-2/h3-8,17-18H,9-10H2,1-2H3. The molecule has 0 aliphatic heterocycles. The number of aromatic hydroxyl groups is 2. The van der Waals surface area contributed by atoms with Gasteiger partial charge in [0.15, 0.2) is 32.8 Å². The lowest BCUT2D eigenvalue weighted by molar-refractivity contribution is 0.373. The van der Waals surface area contributed by atoms with Gasteiger partial charge in [0.05, 0.1) is 25.7 Å². The molecule has 0 unspecified atom stereocenters. The number of ether oxygens (including phenoxy) is 2. The lowest BCUT2D eigenvalue weighted by Gasteiger charge is -2.09. The van der Waals surface area contributed by atoms with E-state index < -0.39 is 9.84 Å². The molecule has 0 radical (unpaired) electrons. The highest BCUT2D eigenvalue weighted by Crippen LogP contribution is 2.29. The third kappa shape index (κ3) is 4.29. The topological polar surface area (TPSA) is 93.1 Å². The second-order valence-electron chi connectivity index (χ2n) is 5.04. The van der Waals surface area contributed by atoms with Crippen LogP contribution in [0.1, 0.15) is 11.1 Å². The molecular formula is C16H18O6S. The van der Waals surface area contributed by atoms with Gasteiger partial charge in [0, 0.05) is 0 Å². The van der Waals surface area contributed by atoms with Crippen molar-refractivity contribution in [1.82, 2.24) is 0 Å². The second kappa shape index (κ2) is 6.78. The van der Waals surface area contributed by atoms with Crippen molar-refractivity contribution in [2.24, 2.45) is 0 Å². The zero-order chi connectivity index (χ0) is 17.0. The van der Waals surface area contributed by atoms with Crippen LogP contribution in [0.5, 0.6) is 23.0 Å². The third-order valence-corrected chi connectivity index (χ3v) is 4.81. The maximum atomic E-state index is 12.3. The van der Waals surface area contributed by atoms with E-state index in [4.69, 9.17) is 9.47 Å². The predicted molar refractivity (Wildman–Crippen MR) is 85.6 cm³/mol. The lowest BCUT2D eigenvalue weighted by atomic mass is 10.2. The first-order valence-electron chi connectivity index (χ1n) is 6.77. The van der Waals surface area contributed by atoms with Crippen LogP contribution in [0, 0.1) is 0 Å². The smallest absolute Gasteiger partial charge is 0.160 e. The van der Waals surface area contributed by atoms with Crippen LogP contribution in [0.15, 0.2) is 36.4 Å². The first-order valence-corrected chi connectivity index (χ1v) is 8.59. The van der Waals surface area contributed by atoms with Crippen molar-refractivity contribution < 1.29 is 28.1 Å². The molecule has 23 heavy (non-hydrogen) atoms. The molecule has 0 aromatic heterocycles. The van der Waals surface area contributed by atoms with Crippen molar-refractivity contribution in [1.29, 1.82) is 0 Å². The Morgan fingerprint density at radius 1 is 0.826 bits per heavy atom. The molecule has 2 aromatic rings. The summed E-state index contributed by atoms with van der Waals surface area (Å²) >= 11 is 0. The molecule has 0 spiro atoms. The molecular weight excluding hydrogens is 320 g/mol. The van der Waals surface area contributed by atoms with Crippen molar-refractivity contribution in [2.75, 3.05) is 14.2 Å². The van der Waals surface area contributed by atoms with Gasteiger partial charge >= 0.3 is 0 Å². The summed E-state index contributed by atoms with van der Waals surface area (Å²) in [6, 6.07) is 8.84. The van der Waals surface area contributed by atoms with Crippen LogP contribution in [-0.4, -0.2) is 32.9 Å². The van der Waals surface area contributed by atoms with E-state index in [0.717, 1.165) is 0 Å². The van der Waals surface area contributed by atoms with E-state index >= 15 is 0 Å². The number of methoxy groups -OCH3 is 2. The summed E-state index contributed by atoms with van der Waals surface area (Å²) < 4.78 is 34.6. The zero-order valence-electron chi connectivity index (χ0n) is 12.8. The number of rotatable bonds is 6. The summed E-state index contributed by atoms with van der Waals surface area (Å²) in [6.45, 7) is 0. The number of phenolic OH excluding ortho intramolecular Hbond substituents is 2. The molecule has 0 heterocycles. The van der Waals surface area contributed by atoms with E-state index in [2.05, 4.69) is 0 Å². The van der Waals surface area contributed by atoms with Crippen molar-refractivity contribution in [3.8, 4) is 23.0 Å². The maximum Gasteiger partial charge on any atom is 0.160 e. The van der Waals surface area contributed by atoms with Crippen LogP contribution in [0.4, 0.5) is 0 Å². The Balaban J connectivity index is 2.19. The Morgan fingerprint density at radius 2 is 1.22 bits per heavy atom. The Kier molecular flexibility index (Phi) is 5.00. The lowest BCUT2D eigenvalue weighted by Crippen LogP contribution is -2.08. The zero-order valence-corrected chi connectivity index (χ0v) is 13.6. The first-order chi connectivity index (χ1) is 10.8. The van der Waals surface area contributed by atoms with Gasteiger partial charge in [0.1, 0.15) is 0 Å². The van der Waals surface area contributed by atoms with Gasteiger partial charge in [-0.3, -0.25) is 0 Å². The van der Waals surface area contributed by atoms with Crippen LogP contribution in [-0.2, 0) is 21.3 Å². The van der Waals surface area contributed by atoms with Crippen LogP contribution >= 0.6 is 0 Å². The van der Waals surface area contributed by atoms with Crippen LogP contribution in [0.2, 0.25) is 0 Å². The van der Waals surface area contributed by atoms with Crippen molar-refractivity contribution >= 4 is 9.84 Å². The molecule has 2 rings (SSSR count). The molecule has 0 fully saturated rings. The predicted octanol–water partition coefficient (Wildman–Crippen LogP) is 2.23. The van der Waals surface area contributed by atoms with Crippen LogP contribution in [0.3, 0.4) is 0 Å². The third-order valence-electron chi connectivity index (χ3n) is 3.26. The van der Waals surface area contributed by atoms with Crippen LogP contribution < -0.4 is 9.47 Å². The minimum Gasteiger partial charge on any atom is -0.504 e. The monoisotopic (exact) mass is 338 g/mol. The second-order valence-corrected chi connectivity index (χ2v) is 7.11. The minimum absolute atomic E-state index is 0.0445. The molecule has 0 aliphatic carbocycles. The Bertz CT molecular complexity index is 737. The molecule has 124 valence electrons. The number of sulfone groups is 1. The molecule has 7 heteroatoms. The average molecular weight is 338 g/mol. The highest BCUT2D eigenvalue weighted by molar-refractivity contribution is 7.89. The van der Waals surface area contributed by atoms with E-state index in [1.807, 2.05) is 0 Å².